The first-order valence-electron chi connectivity index (χ1n) is 4.34. The molecule has 0 fully saturated rings. The summed E-state index contributed by atoms with van der Waals surface area (Å²) in [6, 6.07) is 0.0968. The van der Waals surface area contributed by atoms with Crippen LogP contribution in [0.15, 0.2) is 12.0 Å². The largest absolute Gasteiger partial charge is 0.437 e. The van der Waals surface area contributed by atoms with Gasteiger partial charge in [0.2, 0.25) is 0 Å². The molecule has 1 unspecified atom stereocenters. The highest BCUT2D eigenvalue weighted by Gasteiger charge is 2.38. The molecule has 0 aromatic rings. The third-order valence-electron chi connectivity index (χ3n) is 1.85. The maximum Gasteiger partial charge on any atom is 0.437 e. The van der Waals surface area contributed by atoms with E-state index in [4.69, 9.17) is 15.8 Å². The molecule has 0 amide bonds. The SMILES string of the molecule is CC(C)C1=CN(C(C)C)P(=O)(Cl)O1. The van der Waals surface area contributed by atoms with E-state index < -0.39 is 6.87 Å². The number of hydrogen-bond acceptors (Lipinski definition) is 2. The lowest BCUT2D eigenvalue weighted by atomic mass is 10.2. The van der Waals surface area contributed by atoms with Gasteiger partial charge in [-0.2, -0.15) is 0 Å². The van der Waals surface area contributed by atoms with E-state index >= 15 is 0 Å². The second-order valence-electron chi connectivity index (χ2n) is 3.70. The Labute approximate surface area is 84.0 Å². The van der Waals surface area contributed by atoms with Crippen molar-refractivity contribution >= 4 is 18.1 Å². The zero-order valence-electron chi connectivity index (χ0n) is 8.32. The van der Waals surface area contributed by atoms with Crippen molar-refractivity contribution in [2.24, 2.45) is 5.92 Å². The van der Waals surface area contributed by atoms with E-state index in [9.17, 15) is 4.57 Å². The van der Waals surface area contributed by atoms with Crippen LogP contribution in [0.25, 0.3) is 0 Å². The lowest BCUT2D eigenvalue weighted by molar-refractivity contribution is 0.363. The molecule has 1 aliphatic heterocycles. The van der Waals surface area contributed by atoms with Gasteiger partial charge in [-0.1, -0.05) is 13.8 Å². The van der Waals surface area contributed by atoms with E-state index in [2.05, 4.69) is 0 Å². The van der Waals surface area contributed by atoms with Crippen LogP contribution in [0.2, 0.25) is 0 Å². The average molecular weight is 224 g/mol. The van der Waals surface area contributed by atoms with Crippen LogP contribution in [0.3, 0.4) is 0 Å². The molecule has 3 nitrogen and oxygen atoms in total. The van der Waals surface area contributed by atoms with Gasteiger partial charge in [-0.15, -0.1) is 0 Å². The minimum Gasteiger partial charge on any atom is -0.421 e. The van der Waals surface area contributed by atoms with Gasteiger partial charge in [0.1, 0.15) is 5.76 Å². The number of allylic oxidation sites excluding steroid dienone is 1. The maximum absolute atomic E-state index is 11.7. The van der Waals surface area contributed by atoms with Crippen molar-refractivity contribution in [1.82, 2.24) is 4.67 Å². The van der Waals surface area contributed by atoms with Crippen LogP contribution in [0, 0.1) is 5.92 Å². The molecule has 1 heterocycles. The smallest absolute Gasteiger partial charge is 0.421 e. The Morgan fingerprint density at radius 1 is 1.46 bits per heavy atom. The van der Waals surface area contributed by atoms with Crippen LogP contribution >= 0.6 is 18.1 Å². The number of rotatable bonds is 2. The molecule has 1 atom stereocenters. The van der Waals surface area contributed by atoms with E-state index in [-0.39, 0.29) is 12.0 Å². The van der Waals surface area contributed by atoms with Gasteiger partial charge in [-0.25, -0.2) is 4.57 Å². The topological polar surface area (TPSA) is 29.5 Å². The van der Waals surface area contributed by atoms with Gasteiger partial charge in [-0.3, -0.25) is 4.67 Å². The van der Waals surface area contributed by atoms with E-state index in [1.165, 1.54) is 0 Å². The summed E-state index contributed by atoms with van der Waals surface area (Å²) in [6.07, 6.45) is 1.75. The first-order valence-corrected chi connectivity index (χ1v) is 6.82. The molecule has 0 spiro atoms. The molecule has 0 bridgehead atoms. The summed E-state index contributed by atoms with van der Waals surface area (Å²) >= 11 is 5.77. The van der Waals surface area contributed by atoms with Gasteiger partial charge >= 0.3 is 6.87 Å². The highest BCUT2D eigenvalue weighted by Crippen LogP contribution is 2.63. The van der Waals surface area contributed by atoms with Crippen LogP contribution in [-0.2, 0) is 9.09 Å². The summed E-state index contributed by atoms with van der Waals surface area (Å²) < 4.78 is 18.5. The van der Waals surface area contributed by atoms with Crippen molar-refractivity contribution in [3.63, 3.8) is 0 Å². The molecule has 0 radical (unpaired) electrons. The standard InChI is InChI=1S/C8H15ClNO2P/c1-6(2)8-5-10(7(3)4)13(9,11)12-8/h5-7H,1-4H3. The molecule has 0 aromatic carbocycles. The Morgan fingerprint density at radius 3 is 2.23 bits per heavy atom. The summed E-state index contributed by atoms with van der Waals surface area (Å²) in [5, 5.41) is 0. The minimum absolute atomic E-state index is 0.0968. The van der Waals surface area contributed by atoms with Crippen molar-refractivity contribution in [3.05, 3.63) is 12.0 Å². The van der Waals surface area contributed by atoms with E-state index in [0.717, 1.165) is 0 Å². The zero-order chi connectivity index (χ0) is 10.2. The third-order valence-corrected chi connectivity index (χ3v) is 4.15. The summed E-state index contributed by atoms with van der Waals surface area (Å²) in [6.45, 7) is 4.71. The lowest BCUT2D eigenvalue weighted by Gasteiger charge is -2.21. The fraction of sp³-hybridized carbons (Fsp3) is 0.750. The molecule has 0 saturated heterocycles. The third kappa shape index (κ3) is 2.21. The number of nitrogens with zero attached hydrogens (tertiary/aromatic N) is 1. The molecular weight excluding hydrogens is 209 g/mol. The van der Waals surface area contributed by atoms with Crippen LogP contribution in [0.5, 0.6) is 0 Å². The normalized spacial score (nSPS) is 28.2. The van der Waals surface area contributed by atoms with E-state index in [1.54, 1.807) is 10.9 Å². The van der Waals surface area contributed by atoms with Crippen LogP contribution in [0.4, 0.5) is 0 Å². The van der Waals surface area contributed by atoms with Crippen molar-refractivity contribution in [2.45, 2.75) is 33.7 Å². The summed E-state index contributed by atoms with van der Waals surface area (Å²) in [7, 11) is 0. The molecule has 0 aliphatic carbocycles. The molecule has 0 N–H and O–H groups in total. The molecule has 1 rings (SSSR count). The summed E-state index contributed by atoms with van der Waals surface area (Å²) in [5.41, 5.74) is 0. The summed E-state index contributed by atoms with van der Waals surface area (Å²) in [5.74, 6) is 0.919. The fourth-order valence-corrected chi connectivity index (χ4v) is 3.39. The van der Waals surface area contributed by atoms with Crippen LogP contribution < -0.4 is 0 Å². The van der Waals surface area contributed by atoms with Gasteiger partial charge in [0.15, 0.2) is 0 Å². The fourth-order valence-electron chi connectivity index (χ4n) is 1.08. The van der Waals surface area contributed by atoms with E-state index in [0.29, 0.717) is 5.76 Å². The van der Waals surface area contributed by atoms with Gasteiger partial charge in [-0.05, 0) is 13.8 Å². The highest BCUT2D eigenvalue weighted by atomic mass is 35.7. The van der Waals surface area contributed by atoms with Gasteiger partial charge in [0, 0.05) is 29.4 Å². The van der Waals surface area contributed by atoms with Crippen LogP contribution in [-0.4, -0.2) is 10.7 Å². The second-order valence-corrected chi connectivity index (χ2v) is 6.53. The highest BCUT2D eigenvalue weighted by molar-refractivity contribution is 7.83. The minimum atomic E-state index is -3.11. The van der Waals surface area contributed by atoms with Crippen molar-refractivity contribution in [2.75, 3.05) is 0 Å². The molecule has 0 saturated carbocycles. The Morgan fingerprint density at radius 2 is 2.00 bits per heavy atom. The van der Waals surface area contributed by atoms with Crippen LogP contribution in [0.1, 0.15) is 27.7 Å². The number of halogens is 1. The zero-order valence-corrected chi connectivity index (χ0v) is 9.97. The Bertz CT molecular complexity index is 275. The quantitative estimate of drug-likeness (QED) is 0.671. The lowest BCUT2D eigenvalue weighted by Crippen LogP contribution is -2.17. The first kappa shape index (κ1) is 10.9. The Hall–Kier alpha value is -0.140. The Balaban J connectivity index is 2.89. The van der Waals surface area contributed by atoms with Gasteiger partial charge in [0.05, 0.1) is 0 Å². The summed E-state index contributed by atoms with van der Waals surface area (Å²) in [4.78, 5) is 0. The monoisotopic (exact) mass is 223 g/mol. The van der Waals surface area contributed by atoms with E-state index in [1.807, 2.05) is 27.7 Å². The van der Waals surface area contributed by atoms with Crippen molar-refractivity contribution in [3.8, 4) is 0 Å². The maximum atomic E-state index is 11.7. The second kappa shape index (κ2) is 3.55. The predicted molar refractivity (Wildman–Crippen MR) is 54.4 cm³/mol. The Kier molecular flexibility index (Phi) is 2.98. The van der Waals surface area contributed by atoms with Crippen molar-refractivity contribution in [1.29, 1.82) is 0 Å². The predicted octanol–water partition coefficient (Wildman–Crippen LogP) is 3.57. The molecule has 0 aromatic heterocycles. The van der Waals surface area contributed by atoms with Gasteiger partial charge in [0.25, 0.3) is 0 Å². The average Bonchev–Trinajstić information content (AvgIpc) is 2.25. The molecule has 76 valence electrons. The van der Waals surface area contributed by atoms with Gasteiger partial charge < -0.3 is 4.52 Å². The van der Waals surface area contributed by atoms with Crippen molar-refractivity contribution < 1.29 is 9.09 Å². The molecule has 5 heteroatoms. The number of hydrogen-bond donors (Lipinski definition) is 0. The first-order chi connectivity index (χ1) is 5.84. The molecule has 13 heavy (non-hydrogen) atoms. The molecule has 1 aliphatic rings. The molecular formula is C8H15ClNO2P.